The van der Waals surface area contributed by atoms with Crippen LogP contribution in [-0.4, -0.2) is 78.2 Å². The Hall–Kier alpha value is -3.07. The number of morpholine rings is 1. The third-order valence-electron chi connectivity index (χ3n) is 6.14. The number of hydrogen-bond acceptors (Lipinski definition) is 7. The van der Waals surface area contributed by atoms with Crippen molar-refractivity contribution in [3.05, 3.63) is 64.2 Å². The van der Waals surface area contributed by atoms with E-state index in [2.05, 4.69) is 4.90 Å². The van der Waals surface area contributed by atoms with E-state index < -0.39 is 23.5 Å². The summed E-state index contributed by atoms with van der Waals surface area (Å²) in [5.74, 6) is -1.81. The first-order valence-electron chi connectivity index (χ1n) is 11.1. The number of aliphatic hydroxyl groups is 1. The van der Waals surface area contributed by atoms with Crippen molar-refractivity contribution in [2.24, 2.45) is 0 Å². The molecule has 2 fully saturated rings. The SMILES string of the molecule is COc1ccc(/C(O)=C2\C(=O)C(=O)N(CCCN3CCOCC3)C2c2cccc(Cl)c2)c(O)c1. The first kappa shape index (κ1) is 24.1. The lowest BCUT2D eigenvalue weighted by molar-refractivity contribution is -0.140. The van der Waals surface area contributed by atoms with Crippen LogP contribution >= 0.6 is 11.6 Å². The number of methoxy groups -OCH3 is 1. The van der Waals surface area contributed by atoms with Crippen LogP contribution in [0, 0.1) is 0 Å². The third-order valence-corrected chi connectivity index (χ3v) is 6.38. The Morgan fingerprint density at radius 2 is 1.91 bits per heavy atom. The second kappa shape index (κ2) is 10.5. The molecule has 4 rings (SSSR count). The average molecular weight is 487 g/mol. The molecule has 1 atom stereocenters. The smallest absolute Gasteiger partial charge is 0.295 e. The predicted molar refractivity (Wildman–Crippen MR) is 127 cm³/mol. The molecule has 2 aromatic carbocycles. The molecule has 180 valence electrons. The van der Waals surface area contributed by atoms with E-state index in [0.717, 1.165) is 19.6 Å². The van der Waals surface area contributed by atoms with E-state index >= 15 is 0 Å². The third kappa shape index (κ3) is 4.89. The molecule has 2 aromatic rings. The maximum atomic E-state index is 13.1. The van der Waals surface area contributed by atoms with E-state index in [4.69, 9.17) is 21.1 Å². The zero-order chi connectivity index (χ0) is 24.2. The van der Waals surface area contributed by atoms with Gasteiger partial charge < -0.3 is 24.6 Å². The molecule has 1 amide bonds. The van der Waals surface area contributed by atoms with Gasteiger partial charge >= 0.3 is 0 Å². The molecule has 0 aromatic heterocycles. The Bertz CT molecular complexity index is 1110. The number of ether oxygens (including phenoxy) is 2. The predicted octanol–water partition coefficient (Wildman–Crippen LogP) is 3.20. The summed E-state index contributed by atoms with van der Waals surface area (Å²) in [5.41, 5.74) is 0.561. The zero-order valence-electron chi connectivity index (χ0n) is 18.9. The molecule has 2 heterocycles. The first-order chi connectivity index (χ1) is 16.4. The molecular weight excluding hydrogens is 460 g/mol. The number of carbonyl (C=O) groups excluding carboxylic acids is 2. The van der Waals surface area contributed by atoms with Gasteiger partial charge in [-0.15, -0.1) is 0 Å². The van der Waals surface area contributed by atoms with Crippen LogP contribution in [0.3, 0.4) is 0 Å². The highest BCUT2D eigenvalue weighted by molar-refractivity contribution is 6.46. The second-order valence-electron chi connectivity index (χ2n) is 8.24. The Morgan fingerprint density at radius 3 is 2.59 bits per heavy atom. The van der Waals surface area contributed by atoms with Gasteiger partial charge in [-0.2, -0.15) is 0 Å². The van der Waals surface area contributed by atoms with Gasteiger partial charge in [-0.3, -0.25) is 14.5 Å². The lowest BCUT2D eigenvalue weighted by Gasteiger charge is -2.29. The largest absolute Gasteiger partial charge is 0.507 e. The quantitative estimate of drug-likeness (QED) is 0.352. The molecule has 0 aliphatic carbocycles. The van der Waals surface area contributed by atoms with Crippen molar-refractivity contribution in [1.82, 2.24) is 9.80 Å². The van der Waals surface area contributed by atoms with Gasteiger partial charge in [0.25, 0.3) is 11.7 Å². The monoisotopic (exact) mass is 486 g/mol. The number of aromatic hydroxyl groups is 1. The Balaban J connectivity index is 1.70. The molecule has 0 bridgehead atoms. The number of Topliss-reactive ketones (excluding diaryl/α,β-unsaturated/α-hetero) is 1. The molecule has 2 N–H and O–H groups in total. The van der Waals surface area contributed by atoms with Crippen molar-refractivity contribution in [2.75, 3.05) is 46.5 Å². The van der Waals surface area contributed by atoms with Gasteiger partial charge in [-0.1, -0.05) is 23.7 Å². The fourth-order valence-electron chi connectivity index (χ4n) is 4.41. The van der Waals surface area contributed by atoms with Gasteiger partial charge in [-0.25, -0.2) is 0 Å². The number of halogens is 1. The van der Waals surface area contributed by atoms with Crippen LogP contribution in [0.4, 0.5) is 0 Å². The summed E-state index contributed by atoms with van der Waals surface area (Å²) in [6.07, 6.45) is 0.651. The number of aliphatic hydroxyl groups excluding tert-OH is 1. The second-order valence-corrected chi connectivity index (χ2v) is 8.67. The molecular formula is C25H27ClN2O6. The molecule has 0 saturated carbocycles. The molecule has 8 nitrogen and oxygen atoms in total. The minimum absolute atomic E-state index is 0.0409. The van der Waals surface area contributed by atoms with Crippen LogP contribution in [-0.2, 0) is 14.3 Å². The van der Waals surface area contributed by atoms with Crippen LogP contribution in [0.2, 0.25) is 5.02 Å². The Morgan fingerprint density at radius 1 is 1.15 bits per heavy atom. The zero-order valence-corrected chi connectivity index (χ0v) is 19.6. The van der Waals surface area contributed by atoms with E-state index in [-0.39, 0.29) is 16.9 Å². The van der Waals surface area contributed by atoms with Crippen molar-refractivity contribution in [2.45, 2.75) is 12.5 Å². The van der Waals surface area contributed by atoms with Gasteiger partial charge in [0.2, 0.25) is 0 Å². The number of carbonyl (C=O) groups is 2. The number of benzene rings is 2. The molecule has 9 heteroatoms. The van der Waals surface area contributed by atoms with Crippen molar-refractivity contribution >= 4 is 29.1 Å². The normalized spacial score (nSPS) is 20.6. The number of rotatable bonds is 7. The fraction of sp³-hybridized carbons (Fsp3) is 0.360. The van der Waals surface area contributed by atoms with E-state index in [0.29, 0.717) is 42.5 Å². The maximum absolute atomic E-state index is 13.1. The van der Waals surface area contributed by atoms with Crippen LogP contribution in [0.25, 0.3) is 5.76 Å². The molecule has 34 heavy (non-hydrogen) atoms. The summed E-state index contributed by atoms with van der Waals surface area (Å²) in [7, 11) is 1.45. The van der Waals surface area contributed by atoms with E-state index in [1.54, 1.807) is 30.3 Å². The summed E-state index contributed by atoms with van der Waals surface area (Å²) in [4.78, 5) is 29.9. The fourth-order valence-corrected chi connectivity index (χ4v) is 4.61. The summed E-state index contributed by atoms with van der Waals surface area (Å²) >= 11 is 6.21. The Kier molecular flexibility index (Phi) is 7.41. The van der Waals surface area contributed by atoms with Crippen LogP contribution < -0.4 is 4.74 Å². The van der Waals surface area contributed by atoms with Gasteiger partial charge in [0, 0.05) is 37.3 Å². The van der Waals surface area contributed by atoms with Crippen molar-refractivity contribution in [1.29, 1.82) is 0 Å². The van der Waals surface area contributed by atoms with Gasteiger partial charge in [-0.05, 0) is 36.2 Å². The highest BCUT2D eigenvalue weighted by atomic mass is 35.5. The average Bonchev–Trinajstić information content (AvgIpc) is 3.09. The molecule has 0 radical (unpaired) electrons. The van der Waals surface area contributed by atoms with Crippen molar-refractivity contribution in [3.8, 4) is 11.5 Å². The van der Waals surface area contributed by atoms with Gasteiger partial charge in [0.05, 0.1) is 37.5 Å². The number of amides is 1. The number of nitrogens with zero attached hydrogens (tertiary/aromatic N) is 2. The highest BCUT2D eigenvalue weighted by Gasteiger charge is 2.46. The van der Waals surface area contributed by atoms with Crippen LogP contribution in [0.1, 0.15) is 23.6 Å². The molecule has 0 spiro atoms. The first-order valence-corrected chi connectivity index (χ1v) is 11.5. The number of phenols is 1. The standard InChI is InChI=1S/C25H27ClN2O6/c1-33-18-6-7-19(20(29)15-18)23(30)21-22(16-4-2-5-17(26)14-16)28(25(32)24(21)31)9-3-8-27-10-12-34-13-11-27/h2,4-7,14-15,22,29-30H,3,8-13H2,1H3/b23-21+. The number of ketones is 1. The summed E-state index contributed by atoms with van der Waals surface area (Å²) in [5, 5.41) is 22.0. The van der Waals surface area contributed by atoms with Crippen LogP contribution in [0.15, 0.2) is 48.0 Å². The van der Waals surface area contributed by atoms with E-state index in [9.17, 15) is 19.8 Å². The van der Waals surface area contributed by atoms with Crippen molar-refractivity contribution in [3.63, 3.8) is 0 Å². The minimum atomic E-state index is -0.829. The van der Waals surface area contributed by atoms with Gasteiger partial charge in [0.15, 0.2) is 0 Å². The van der Waals surface area contributed by atoms with E-state index in [1.807, 2.05) is 0 Å². The van der Waals surface area contributed by atoms with Crippen LogP contribution in [0.5, 0.6) is 11.5 Å². The number of likely N-dealkylation sites (tertiary alicyclic amines) is 1. The number of phenolic OH excluding ortho intramolecular Hbond substituents is 1. The summed E-state index contributed by atoms with van der Waals surface area (Å²) < 4.78 is 10.5. The lowest BCUT2D eigenvalue weighted by Crippen LogP contribution is -2.38. The maximum Gasteiger partial charge on any atom is 0.295 e. The molecule has 2 aliphatic heterocycles. The summed E-state index contributed by atoms with van der Waals surface area (Å²) in [6.45, 7) is 4.09. The van der Waals surface area contributed by atoms with E-state index in [1.165, 1.54) is 24.1 Å². The molecule has 2 saturated heterocycles. The Labute approximate surface area is 202 Å². The minimum Gasteiger partial charge on any atom is -0.507 e. The highest BCUT2D eigenvalue weighted by Crippen LogP contribution is 2.41. The van der Waals surface area contributed by atoms with Gasteiger partial charge in [0.1, 0.15) is 17.3 Å². The summed E-state index contributed by atoms with van der Waals surface area (Å²) in [6, 6.07) is 10.4. The topological polar surface area (TPSA) is 99.5 Å². The molecule has 2 aliphatic rings. The molecule has 1 unspecified atom stereocenters. The lowest BCUT2D eigenvalue weighted by atomic mass is 9.95. The number of hydrogen-bond donors (Lipinski definition) is 2. The van der Waals surface area contributed by atoms with Crippen molar-refractivity contribution < 1.29 is 29.3 Å².